The van der Waals surface area contributed by atoms with Gasteiger partial charge in [-0.3, -0.25) is 9.78 Å². The first-order chi connectivity index (χ1) is 9.08. The zero-order chi connectivity index (χ0) is 13.8. The van der Waals surface area contributed by atoms with Crippen LogP contribution in [-0.4, -0.2) is 10.9 Å². The van der Waals surface area contributed by atoms with E-state index in [4.69, 9.17) is 11.6 Å². The van der Waals surface area contributed by atoms with E-state index in [1.807, 2.05) is 19.1 Å². The maximum absolute atomic E-state index is 12.2. The first-order valence-corrected chi connectivity index (χ1v) is 6.91. The number of carbonyl (C=O) groups is 1. The molecule has 1 N–H and O–H groups in total. The van der Waals surface area contributed by atoms with E-state index in [2.05, 4.69) is 26.2 Å². The van der Waals surface area contributed by atoms with Crippen molar-refractivity contribution in [1.82, 2.24) is 10.3 Å². The fourth-order valence-electron chi connectivity index (χ4n) is 1.68. The van der Waals surface area contributed by atoms with E-state index in [1.54, 1.807) is 30.6 Å². The van der Waals surface area contributed by atoms with Gasteiger partial charge < -0.3 is 5.32 Å². The normalized spacial score (nSPS) is 11.9. The molecular weight excluding hydrogens is 328 g/mol. The Balaban J connectivity index is 2.15. The summed E-state index contributed by atoms with van der Waals surface area (Å²) in [6.07, 6.45) is 3.40. The minimum atomic E-state index is -0.168. The third-order valence-corrected chi connectivity index (χ3v) is 3.65. The largest absolute Gasteiger partial charge is 0.345 e. The zero-order valence-electron chi connectivity index (χ0n) is 10.2. The second-order valence-corrected chi connectivity index (χ2v) is 5.39. The molecule has 0 spiro atoms. The Morgan fingerprint density at radius 3 is 2.68 bits per heavy atom. The maximum atomic E-state index is 12.2. The second kappa shape index (κ2) is 6.17. The van der Waals surface area contributed by atoms with Crippen LogP contribution in [0, 0.1) is 0 Å². The van der Waals surface area contributed by atoms with Crippen LogP contribution < -0.4 is 5.32 Å². The van der Waals surface area contributed by atoms with Crippen LogP contribution in [0.1, 0.15) is 28.9 Å². The van der Waals surface area contributed by atoms with Crippen molar-refractivity contribution >= 4 is 33.4 Å². The number of hydrogen-bond donors (Lipinski definition) is 1. The third kappa shape index (κ3) is 3.55. The highest BCUT2D eigenvalue weighted by molar-refractivity contribution is 9.10. The number of nitrogens with one attached hydrogen (secondary N) is 1. The molecule has 0 saturated carbocycles. The summed E-state index contributed by atoms with van der Waals surface area (Å²) in [7, 11) is 0. The molecule has 1 atom stereocenters. The molecule has 0 bridgehead atoms. The maximum Gasteiger partial charge on any atom is 0.252 e. The summed E-state index contributed by atoms with van der Waals surface area (Å²) in [5, 5.41) is 3.46. The lowest BCUT2D eigenvalue weighted by atomic mass is 10.1. The van der Waals surface area contributed by atoms with Crippen LogP contribution in [0.3, 0.4) is 0 Å². The van der Waals surface area contributed by atoms with Crippen LogP contribution in [-0.2, 0) is 0 Å². The molecule has 3 nitrogen and oxygen atoms in total. The summed E-state index contributed by atoms with van der Waals surface area (Å²) >= 11 is 9.25. The Morgan fingerprint density at radius 1 is 1.32 bits per heavy atom. The molecule has 0 radical (unpaired) electrons. The Morgan fingerprint density at radius 2 is 2.00 bits per heavy atom. The van der Waals surface area contributed by atoms with Crippen LogP contribution in [0.4, 0.5) is 0 Å². The van der Waals surface area contributed by atoms with Gasteiger partial charge in [0.05, 0.1) is 11.6 Å². The summed E-state index contributed by atoms with van der Waals surface area (Å²) in [4.78, 5) is 16.1. The van der Waals surface area contributed by atoms with Crippen molar-refractivity contribution in [2.45, 2.75) is 13.0 Å². The highest BCUT2D eigenvalue weighted by Crippen LogP contribution is 2.22. The van der Waals surface area contributed by atoms with Gasteiger partial charge in [0.2, 0.25) is 0 Å². The summed E-state index contributed by atoms with van der Waals surface area (Å²) in [5.74, 6) is -0.168. The SMILES string of the molecule is CC(NC(=O)c1cc(Cl)ccc1Br)c1ccncc1. The molecule has 0 aliphatic rings. The van der Waals surface area contributed by atoms with Gasteiger partial charge in [-0.15, -0.1) is 0 Å². The van der Waals surface area contributed by atoms with E-state index in [9.17, 15) is 4.79 Å². The number of halogens is 2. The minimum Gasteiger partial charge on any atom is -0.345 e. The molecule has 1 heterocycles. The molecule has 1 unspecified atom stereocenters. The van der Waals surface area contributed by atoms with Gasteiger partial charge in [0.1, 0.15) is 0 Å². The smallest absolute Gasteiger partial charge is 0.252 e. The van der Waals surface area contributed by atoms with Crippen LogP contribution in [0.5, 0.6) is 0 Å². The molecular formula is C14H12BrClN2O. The van der Waals surface area contributed by atoms with Gasteiger partial charge in [0, 0.05) is 21.9 Å². The van der Waals surface area contributed by atoms with Crippen molar-refractivity contribution in [3.63, 3.8) is 0 Å². The van der Waals surface area contributed by atoms with Gasteiger partial charge >= 0.3 is 0 Å². The highest BCUT2D eigenvalue weighted by Gasteiger charge is 2.14. The number of nitrogens with zero attached hydrogens (tertiary/aromatic N) is 1. The average molecular weight is 340 g/mol. The molecule has 0 fully saturated rings. The number of amides is 1. The predicted molar refractivity (Wildman–Crippen MR) is 79.3 cm³/mol. The fourth-order valence-corrected chi connectivity index (χ4v) is 2.28. The van der Waals surface area contributed by atoms with Gasteiger partial charge in [0.15, 0.2) is 0 Å². The van der Waals surface area contributed by atoms with E-state index < -0.39 is 0 Å². The Kier molecular flexibility index (Phi) is 4.56. The summed E-state index contributed by atoms with van der Waals surface area (Å²) in [5.41, 5.74) is 1.52. The van der Waals surface area contributed by atoms with Crippen molar-refractivity contribution in [2.24, 2.45) is 0 Å². The lowest BCUT2D eigenvalue weighted by Gasteiger charge is -2.14. The number of aromatic nitrogens is 1. The summed E-state index contributed by atoms with van der Waals surface area (Å²) < 4.78 is 0.719. The van der Waals surface area contributed by atoms with Crippen molar-refractivity contribution < 1.29 is 4.79 Å². The van der Waals surface area contributed by atoms with Crippen LogP contribution in [0.2, 0.25) is 5.02 Å². The number of pyridine rings is 1. The molecule has 0 aliphatic heterocycles. The quantitative estimate of drug-likeness (QED) is 0.918. The Hall–Kier alpha value is -1.39. The topological polar surface area (TPSA) is 42.0 Å². The molecule has 2 rings (SSSR count). The first kappa shape index (κ1) is 14.0. The van der Waals surface area contributed by atoms with Crippen LogP contribution in [0.25, 0.3) is 0 Å². The van der Waals surface area contributed by atoms with Gasteiger partial charge in [-0.1, -0.05) is 11.6 Å². The molecule has 19 heavy (non-hydrogen) atoms. The predicted octanol–water partition coefficient (Wildman–Crippen LogP) is 3.99. The van der Waals surface area contributed by atoms with Crippen molar-refractivity contribution in [3.05, 3.63) is 63.3 Å². The van der Waals surface area contributed by atoms with E-state index >= 15 is 0 Å². The first-order valence-electron chi connectivity index (χ1n) is 5.74. The van der Waals surface area contributed by atoms with Crippen molar-refractivity contribution in [1.29, 1.82) is 0 Å². The Labute approximate surface area is 125 Å². The van der Waals surface area contributed by atoms with Gasteiger partial charge in [0.25, 0.3) is 5.91 Å². The number of hydrogen-bond acceptors (Lipinski definition) is 2. The van der Waals surface area contributed by atoms with Gasteiger partial charge in [-0.25, -0.2) is 0 Å². The molecule has 1 amide bonds. The van der Waals surface area contributed by atoms with Crippen molar-refractivity contribution in [3.8, 4) is 0 Å². The molecule has 1 aromatic carbocycles. The van der Waals surface area contributed by atoms with E-state index in [-0.39, 0.29) is 11.9 Å². The molecule has 98 valence electrons. The fraction of sp³-hybridized carbons (Fsp3) is 0.143. The highest BCUT2D eigenvalue weighted by atomic mass is 79.9. The molecule has 5 heteroatoms. The van der Waals surface area contributed by atoms with Crippen LogP contribution in [0.15, 0.2) is 47.2 Å². The standard InChI is InChI=1S/C14H12BrClN2O/c1-9(10-4-6-17-7-5-10)18-14(19)12-8-11(16)2-3-13(12)15/h2-9H,1H3,(H,18,19). The minimum absolute atomic E-state index is 0.0959. The molecule has 1 aromatic heterocycles. The molecule has 2 aromatic rings. The van der Waals surface area contributed by atoms with Gasteiger partial charge in [-0.05, 0) is 58.7 Å². The lowest BCUT2D eigenvalue weighted by Crippen LogP contribution is -2.26. The van der Waals surface area contributed by atoms with E-state index in [0.29, 0.717) is 10.6 Å². The molecule has 0 saturated heterocycles. The van der Waals surface area contributed by atoms with Gasteiger partial charge in [-0.2, -0.15) is 0 Å². The summed E-state index contributed by atoms with van der Waals surface area (Å²) in [6, 6.07) is 8.78. The number of benzene rings is 1. The lowest BCUT2D eigenvalue weighted by molar-refractivity contribution is 0.0939. The number of rotatable bonds is 3. The van der Waals surface area contributed by atoms with E-state index in [1.165, 1.54) is 0 Å². The zero-order valence-corrected chi connectivity index (χ0v) is 12.6. The average Bonchev–Trinajstić information content (AvgIpc) is 2.42. The Bertz CT molecular complexity index is 589. The van der Waals surface area contributed by atoms with Crippen molar-refractivity contribution in [2.75, 3.05) is 0 Å². The van der Waals surface area contributed by atoms with E-state index in [0.717, 1.165) is 10.0 Å². The summed E-state index contributed by atoms with van der Waals surface area (Å²) in [6.45, 7) is 1.92. The third-order valence-electron chi connectivity index (χ3n) is 2.73. The number of carbonyl (C=O) groups excluding carboxylic acids is 1. The van der Waals surface area contributed by atoms with Crippen LogP contribution >= 0.6 is 27.5 Å². The monoisotopic (exact) mass is 338 g/mol. The molecule has 0 aliphatic carbocycles. The second-order valence-electron chi connectivity index (χ2n) is 4.10.